The second kappa shape index (κ2) is 9.94. The molecule has 0 saturated carbocycles. The standard InChI is InChI=1S/C16H24N2O3/c1-3-15(19)18-10-16(20)17-9-13(2)11-21-12-14-7-5-4-6-8-14/h4-8,13H,3,9-12H2,1-2H3,(H,17,20)(H,18,19). The average molecular weight is 292 g/mol. The fraction of sp³-hybridized carbons (Fsp3) is 0.500. The number of amides is 2. The number of carbonyl (C=O) groups is 2. The van der Waals surface area contributed by atoms with Crippen molar-refractivity contribution in [2.45, 2.75) is 26.9 Å². The Morgan fingerprint density at radius 3 is 2.52 bits per heavy atom. The second-order valence-corrected chi connectivity index (χ2v) is 5.04. The van der Waals surface area contributed by atoms with Crippen molar-refractivity contribution < 1.29 is 14.3 Å². The third-order valence-electron chi connectivity index (χ3n) is 2.93. The van der Waals surface area contributed by atoms with Crippen LogP contribution in [0.5, 0.6) is 0 Å². The summed E-state index contributed by atoms with van der Waals surface area (Å²) < 4.78 is 5.61. The van der Waals surface area contributed by atoms with Gasteiger partial charge in [0.2, 0.25) is 11.8 Å². The van der Waals surface area contributed by atoms with E-state index in [-0.39, 0.29) is 24.3 Å². The molecular weight excluding hydrogens is 268 g/mol. The SMILES string of the molecule is CCC(=O)NCC(=O)NCC(C)COCc1ccccc1. The summed E-state index contributed by atoms with van der Waals surface area (Å²) in [7, 11) is 0. The van der Waals surface area contributed by atoms with E-state index in [9.17, 15) is 9.59 Å². The summed E-state index contributed by atoms with van der Waals surface area (Å²) in [6, 6.07) is 9.96. The summed E-state index contributed by atoms with van der Waals surface area (Å²) in [4.78, 5) is 22.5. The van der Waals surface area contributed by atoms with Gasteiger partial charge in [-0.15, -0.1) is 0 Å². The van der Waals surface area contributed by atoms with Crippen LogP contribution in [0.1, 0.15) is 25.8 Å². The first-order chi connectivity index (χ1) is 10.1. The highest BCUT2D eigenvalue weighted by molar-refractivity contribution is 5.84. The fourth-order valence-electron chi connectivity index (χ4n) is 1.67. The molecule has 1 atom stereocenters. The maximum absolute atomic E-state index is 11.5. The Bertz CT molecular complexity index is 434. The zero-order chi connectivity index (χ0) is 15.5. The number of rotatable bonds is 9. The van der Waals surface area contributed by atoms with Gasteiger partial charge in [-0.3, -0.25) is 9.59 Å². The Labute approximate surface area is 126 Å². The van der Waals surface area contributed by atoms with Crippen LogP contribution in [0.15, 0.2) is 30.3 Å². The van der Waals surface area contributed by atoms with E-state index < -0.39 is 0 Å². The largest absolute Gasteiger partial charge is 0.376 e. The van der Waals surface area contributed by atoms with Gasteiger partial charge in [0, 0.05) is 13.0 Å². The number of nitrogens with one attached hydrogen (secondary N) is 2. The van der Waals surface area contributed by atoms with Crippen molar-refractivity contribution >= 4 is 11.8 Å². The lowest BCUT2D eigenvalue weighted by Gasteiger charge is -2.13. The first kappa shape index (κ1) is 17.2. The lowest BCUT2D eigenvalue weighted by molar-refractivity contribution is -0.126. The Balaban J connectivity index is 2.09. The van der Waals surface area contributed by atoms with Crippen molar-refractivity contribution in [1.82, 2.24) is 10.6 Å². The second-order valence-electron chi connectivity index (χ2n) is 5.04. The highest BCUT2D eigenvalue weighted by Gasteiger charge is 2.07. The van der Waals surface area contributed by atoms with Gasteiger partial charge in [0.1, 0.15) is 0 Å². The number of benzene rings is 1. The maximum Gasteiger partial charge on any atom is 0.239 e. The summed E-state index contributed by atoms with van der Waals surface area (Å²) in [6.45, 7) is 5.48. The molecule has 0 spiro atoms. The quantitative estimate of drug-likeness (QED) is 0.724. The van der Waals surface area contributed by atoms with Crippen molar-refractivity contribution in [3.05, 3.63) is 35.9 Å². The molecule has 5 nitrogen and oxygen atoms in total. The first-order valence-corrected chi connectivity index (χ1v) is 7.27. The zero-order valence-electron chi connectivity index (χ0n) is 12.7. The van der Waals surface area contributed by atoms with Crippen molar-refractivity contribution in [2.24, 2.45) is 5.92 Å². The van der Waals surface area contributed by atoms with Gasteiger partial charge < -0.3 is 15.4 Å². The van der Waals surface area contributed by atoms with Crippen LogP contribution < -0.4 is 10.6 Å². The molecule has 0 aliphatic rings. The molecule has 0 radical (unpaired) electrons. The molecule has 0 heterocycles. The monoisotopic (exact) mass is 292 g/mol. The minimum absolute atomic E-state index is 0.0320. The molecule has 1 unspecified atom stereocenters. The van der Waals surface area contributed by atoms with Crippen LogP contribution in [0.2, 0.25) is 0 Å². The Morgan fingerprint density at radius 1 is 1.14 bits per heavy atom. The molecule has 0 aliphatic carbocycles. The first-order valence-electron chi connectivity index (χ1n) is 7.27. The Morgan fingerprint density at radius 2 is 1.86 bits per heavy atom. The van der Waals surface area contributed by atoms with Gasteiger partial charge in [-0.25, -0.2) is 0 Å². The van der Waals surface area contributed by atoms with Gasteiger partial charge in [0.15, 0.2) is 0 Å². The predicted molar refractivity (Wildman–Crippen MR) is 81.6 cm³/mol. The van der Waals surface area contributed by atoms with Crippen LogP contribution >= 0.6 is 0 Å². The van der Waals surface area contributed by atoms with Crippen LogP contribution in [0.3, 0.4) is 0 Å². The molecule has 1 aromatic rings. The van der Waals surface area contributed by atoms with Crippen LogP contribution in [0, 0.1) is 5.92 Å². The molecule has 0 aromatic heterocycles. The van der Waals surface area contributed by atoms with Crippen molar-refractivity contribution in [2.75, 3.05) is 19.7 Å². The number of hydrogen-bond acceptors (Lipinski definition) is 3. The predicted octanol–water partition coefficient (Wildman–Crippen LogP) is 1.48. The molecule has 0 aliphatic heterocycles. The molecule has 2 N–H and O–H groups in total. The third kappa shape index (κ3) is 8.09. The molecule has 0 bridgehead atoms. The van der Waals surface area contributed by atoms with Crippen LogP contribution in [-0.2, 0) is 20.9 Å². The van der Waals surface area contributed by atoms with E-state index in [4.69, 9.17) is 4.74 Å². The van der Waals surface area contributed by atoms with Crippen LogP contribution in [-0.4, -0.2) is 31.5 Å². The summed E-state index contributed by atoms with van der Waals surface area (Å²) in [5.41, 5.74) is 1.14. The van der Waals surface area contributed by atoms with Crippen molar-refractivity contribution in [1.29, 1.82) is 0 Å². The smallest absolute Gasteiger partial charge is 0.239 e. The third-order valence-corrected chi connectivity index (χ3v) is 2.93. The molecule has 116 valence electrons. The summed E-state index contributed by atoms with van der Waals surface area (Å²) >= 11 is 0. The van der Waals surface area contributed by atoms with Crippen molar-refractivity contribution in [3.63, 3.8) is 0 Å². The van der Waals surface area contributed by atoms with Gasteiger partial charge in [-0.1, -0.05) is 44.2 Å². The van der Waals surface area contributed by atoms with E-state index in [0.29, 0.717) is 26.2 Å². The molecule has 0 fully saturated rings. The van der Waals surface area contributed by atoms with Crippen LogP contribution in [0.25, 0.3) is 0 Å². The number of hydrogen-bond donors (Lipinski definition) is 2. The molecule has 5 heteroatoms. The van der Waals surface area contributed by atoms with E-state index in [0.717, 1.165) is 5.56 Å². The van der Waals surface area contributed by atoms with Crippen LogP contribution in [0.4, 0.5) is 0 Å². The molecule has 1 aromatic carbocycles. The lowest BCUT2D eigenvalue weighted by Crippen LogP contribution is -2.38. The van der Waals surface area contributed by atoms with E-state index >= 15 is 0 Å². The van der Waals surface area contributed by atoms with Gasteiger partial charge in [0.05, 0.1) is 19.8 Å². The maximum atomic E-state index is 11.5. The van der Waals surface area contributed by atoms with Gasteiger partial charge >= 0.3 is 0 Å². The minimum Gasteiger partial charge on any atom is -0.376 e. The Kier molecular flexibility index (Phi) is 8.12. The normalized spacial score (nSPS) is 11.7. The average Bonchev–Trinajstić information content (AvgIpc) is 2.51. The fourth-order valence-corrected chi connectivity index (χ4v) is 1.67. The van der Waals surface area contributed by atoms with E-state index in [1.165, 1.54) is 0 Å². The highest BCUT2D eigenvalue weighted by atomic mass is 16.5. The molecule has 0 saturated heterocycles. The highest BCUT2D eigenvalue weighted by Crippen LogP contribution is 2.02. The van der Waals surface area contributed by atoms with E-state index in [1.807, 2.05) is 37.3 Å². The number of carbonyl (C=O) groups excluding carboxylic acids is 2. The van der Waals surface area contributed by atoms with Gasteiger partial charge in [-0.2, -0.15) is 0 Å². The van der Waals surface area contributed by atoms with E-state index in [1.54, 1.807) is 6.92 Å². The molecule has 2 amide bonds. The van der Waals surface area contributed by atoms with Gasteiger partial charge in [0.25, 0.3) is 0 Å². The van der Waals surface area contributed by atoms with Gasteiger partial charge in [-0.05, 0) is 11.5 Å². The zero-order valence-corrected chi connectivity index (χ0v) is 12.7. The summed E-state index contributed by atoms with van der Waals surface area (Å²) in [6.07, 6.45) is 0.386. The minimum atomic E-state index is -0.174. The topological polar surface area (TPSA) is 67.4 Å². The summed E-state index contributed by atoms with van der Waals surface area (Å²) in [5.74, 6) is -0.0735. The molecular formula is C16H24N2O3. The van der Waals surface area contributed by atoms with Crippen molar-refractivity contribution in [3.8, 4) is 0 Å². The van der Waals surface area contributed by atoms with E-state index in [2.05, 4.69) is 10.6 Å². The Hall–Kier alpha value is -1.88. The summed E-state index contributed by atoms with van der Waals surface area (Å²) in [5, 5.41) is 5.32. The molecule has 21 heavy (non-hydrogen) atoms. The number of ether oxygens (including phenoxy) is 1. The lowest BCUT2D eigenvalue weighted by atomic mass is 10.2. The molecule has 1 rings (SSSR count).